The van der Waals surface area contributed by atoms with Crippen molar-refractivity contribution in [1.29, 1.82) is 0 Å². The van der Waals surface area contributed by atoms with Gasteiger partial charge in [-0.2, -0.15) is 0 Å². The topological polar surface area (TPSA) is 67.0 Å². The molecule has 2 heterocycles. The molecule has 0 saturated heterocycles. The van der Waals surface area contributed by atoms with E-state index in [1.54, 1.807) is 51.7 Å². The predicted molar refractivity (Wildman–Crippen MR) is 61.6 cm³/mol. The van der Waals surface area contributed by atoms with Gasteiger partial charge in [0.25, 0.3) is 0 Å². The molecule has 0 atom stereocenters. The van der Waals surface area contributed by atoms with Crippen molar-refractivity contribution in [2.24, 2.45) is 7.05 Å². The molecule has 0 amide bonds. The van der Waals surface area contributed by atoms with Crippen LogP contribution < -0.4 is 0 Å². The maximum absolute atomic E-state index is 12.3. The molecule has 17 heavy (non-hydrogen) atoms. The Balaban J connectivity index is 2.63. The quantitative estimate of drug-likeness (QED) is 0.538. The van der Waals surface area contributed by atoms with E-state index in [0.717, 1.165) is 9.80 Å². The standard InChI is InChI=1S/C11H17N4O2/c1-10(2)11(3,4)15(17)9(14(10)16)8-12-6-7-13(8)5/h6-7H,1-5H3. The smallest absolute Gasteiger partial charge is 0.353 e. The van der Waals surface area contributed by atoms with Gasteiger partial charge in [0.1, 0.15) is 5.54 Å². The van der Waals surface area contributed by atoms with E-state index in [0.29, 0.717) is 5.82 Å². The van der Waals surface area contributed by atoms with Crippen LogP contribution >= 0.6 is 0 Å². The zero-order valence-corrected chi connectivity index (χ0v) is 10.8. The van der Waals surface area contributed by atoms with E-state index in [-0.39, 0.29) is 5.84 Å². The Kier molecular flexibility index (Phi) is 2.26. The van der Waals surface area contributed by atoms with Crippen molar-refractivity contribution in [2.75, 3.05) is 0 Å². The lowest BCUT2D eigenvalue weighted by molar-refractivity contribution is -0.539. The summed E-state index contributed by atoms with van der Waals surface area (Å²) in [6, 6.07) is 0. The number of nitrogens with zero attached hydrogens (tertiary/aromatic N) is 4. The molecule has 6 nitrogen and oxygen atoms in total. The number of hydroxylamine groups is 3. The van der Waals surface area contributed by atoms with E-state index in [1.807, 2.05) is 0 Å². The summed E-state index contributed by atoms with van der Waals surface area (Å²) in [5.74, 6) is 0.473. The predicted octanol–water partition coefficient (Wildman–Crippen LogP) is 0.895. The zero-order chi connectivity index (χ0) is 13.0. The van der Waals surface area contributed by atoms with Crippen LogP contribution in [0.5, 0.6) is 0 Å². The third-order valence-electron chi connectivity index (χ3n) is 3.92. The number of imidazole rings is 1. The van der Waals surface area contributed by atoms with Crippen LogP contribution in [0.4, 0.5) is 0 Å². The third-order valence-corrected chi connectivity index (χ3v) is 3.92. The SMILES string of the molecule is Cn1ccnc1C1=[N+]([O-])C(C)(C)C(C)(C)N1[O]. The minimum Gasteiger partial charge on any atom is -0.714 e. The summed E-state index contributed by atoms with van der Waals surface area (Å²) in [4.78, 5) is 4.07. The molecule has 93 valence electrons. The lowest BCUT2D eigenvalue weighted by Gasteiger charge is -2.32. The second kappa shape index (κ2) is 3.22. The van der Waals surface area contributed by atoms with E-state index >= 15 is 0 Å². The van der Waals surface area contributed by atoms with Gasteiger partial charge in [-0.3, -0.25) is 4.74 Å². The van der Waals surface area contributed by atoms with Gasteiger partial charge in [-0.25, -0.2) is 4.98 Å². The van der Waals surface area contributed by atoms with Gasteiger partial charge >= 0.3 is 5.84 Å². The molecular formula is C11H17N4O2. The molecular weight excluding hydrogens is 220 g/mol. The zero-order valence-electron chi connectivity index (χ0n) is 10.8. The summed E-state index contributed by atoms with van der Waals surface area (Å²) in [7, 11) is 1.76. The number of amidine groups is 1. The Morgan fingerprint density at radius 3 is 2.29 bits per heavy atom. The van der Waals surface area contributed by atoms with Crippen LogP contribution in [-0.2, 0) is 12.3 Å². The number of hydrogen-bond acceptors (Lipinski definition) is 3. The normalized spacial score (nSPS) is 22.4. The summed E-state index contributed by atoms with van der Waals surface area (Å²) in [5.41, 5.74) is -1.59. The molecule has 0 aliphatic carbocycles. The second-order valence-electron chi connectivity index (χ2n) is 5.39. The highest BCUT2D eigenvalue weighted by Gasteiger charge is 2.60. The molecule has 0 saturated carbocycles. The second-order valence-corrected chi connectivity index (χ2v) is 5.39. The molecule has 0 unspecified atom stereocenters. The summed E-state index contributed by atoms with van der Waals surface area (Å²) in [5, 5.41) is 25.3. The van der Waals surface area contributed by atoms with Crippen molar-refractivity contribution < 1.29 is 9.95 Å². The van der Waals surface area contributed by atoms with Crippen molar-refractivity contribution in [1.82, 2.24) is 14.6 Å². The van der Waals surface area contributed by atoms with Crippen molar-refractivity contribution >= 4 is 5.84 Å². The highest BCUT2D eigenvalue weighted by Crippen LogP contribution is 2.36. The van der Waals surface area contributed by atoms with Gasteiger partial charge in [-0.05, 0) is 27.7 Å². The average molecular weight is 237 g/mol. The minimum absolute atomic E-state index is 0.0764. The molecule has 1 aromatic rings. The highest BCUT2D eigenvalue weighted by atomic mass is 16.5. The monoisotopic (exact) mass is 237 g/mol. The van der Waals surface area contributed by atoms with Gasteiger partial charge < -0.3 is 9.77 Å². The first-order valence-corrected chi connectivity index (χ1v) is 5.50. The van der Waals surface area contributed by atoms with Crippen molar-refractivity contribution in [3.63, 3.8) is 0 Å². The van der Waals surface area contributed by atoms with Gasteiger partial charge in [0.2, 0.25) is 5.82 Å². The van der Waals surface area contributed by atoms with Crippen molar-refractivity contribution in [3.8, 4) is 0 Å². The van der Waals surface area contributed by atoms with E-state index in [4.69, 9.17) is 0 Å². The van der Waals surface area contributed by atoms with E-state index in [2.05, 4.69) is 4.98 Å². The summed E-state index contributed by atoms with van der Waals surface area (Å²) in [6.45, 7) is 7.06. The number of aryl methyl sites for hydroxylation is 1. The molecule has 0 aromatic carbocycles. The van der Waals surface area contributed by atoms with Crippen LogP contribution in [0.3, 0.4) is 0 Å². The summed E-state index contributed by atoms with van der Waals surface area (Å²) >= 11 is 0. The average Bonchev–Trinajstić information content (AvgIpc) is 2.68. The molecule has 0 bridgehead atoms. The fraction of sp³-hybridized carbons (Fsp3) is 0.636. The van der Waals surface area contributed by atoms with E-state index in [1.165, 1.54) is 0 Å². The van der Waals surface area contributed by atoms with Crippen LogP contribution in [0, 0.1) is 5.21 Å². The summed E-state index contributed by atoms with van der Waals surface area (Å²) < 4.78 is 2.44. The Hall–Kier alpha value is -1.56. The van der Waals surface area contributed by atoms with Crippen molar-refractivity contribution in [2.45, 2.75) is 38.8 Å². The van der Waals surface area contributed by atoms with Gasteiger partial charge in [0, 0.05) is 24.6 Å². The first-order chi connectivity index (χ1) is 7.71. The van der Waals surface area contributed by atoms with Gasteiger partial charge in [0.05, 0.1) is 0 Å². The Morgan fingerprint density at radius 2 is 1.94 bits per heavy atom. The van der Waals surface area contributed by atoms with Crippen LogP contribution in [0.15, 0.2) is 12.4 Å². The number of aromatic nitrogens is 2. The van der Waals surface area contributed by atoms with Gasteiger partial charge in [-0.1, -0.05) is 5.06 Å². The van der Waals surface area contributed by atoms with Crippen LogP contribution in [0.2, 0.25) is 0 Å². The minimum atomic E-state index is -0.796. The molecule has 6 heteroatoms. The largest absolute Gasteiger partial charge is 0.714 e. The lowest BCUT2D eigenvalue weighted by atomic mass is 9.84. The maximum atomic E-state index is 12.3. The molecule has 0 spiro atoms. The number of hydrogen-bond donors (Lipinski definition) is 0. The molecule has 0 fully saturated rings. The van der Waals surface area contributed by atoms with Crippen LogP contribution in [0.25, 0.3) is 0 Å². The van der Waals surface area contributed by atoms with E-state index < -0.39 is 11.1 Å². The van der Waals surface area contributed by atoms with Gasteiger partial charge in [0.15, 0.2) is 5.54 Å². The Labute approximate surface area is 100 Å². The van der Waals surface area contributed by atoms with Crippen molar-refractivity contribution in [3.05, 3.63) is 23.4 Å². The molecule has 1 radical (unpaired) electrons. The fourth-order valence-corrected chi connectivity index (χ4v) is 1.87. The first-order valence-electron chi connectivity index (χ1n) is 5.50. The third kappa shape index (κ3) is 1.30. The Morgan fingerprint density at radius 1 is 1.35 bits per heavy atom. The fourth-order valence-electron chi connectivity index (χ4n) is 1.87. The molecule has 2 rings (SSSR count). The van der Waals surface area contributed by atoms with Gasteiger partial charge in [-0.15, -0.1) is 0 Å². The molecule has 1 aliphatic rings. The Bertz CT molecular complexity index is 487. The maximum Gasteiger partial charge on any atom is 0.353 e. The summed E-state index contributed by atoms with van der Waals surface area (Å²) in [6.07, 6.45) is 3.28. The first kappa shape index (κ1) is 11.9. The molecule has 0 N–H and O–H groups in total. The lowest BCUT2D eigenvalue weighted by Crippen LogP contribution is -2.53. The van der Waals surface area contributed by atoms with Crippen LogP contribution in [-0.4, -0.2) is 36.3 Å². The molecule has 1 aromatic heterocycles. The molecule has 1 aliphatic heterocycles. The van der Waals surface area contributed by atoms with Crippen LogP contribution in [0.1, 0.15) is 33.5 Å². The van der Waals surface area contributed by atoms with E-state index in [9.17, 15) is 10.4 Å². The number of rotatable bonds is 1. The highest BCUT2D eigenvalue weighted by molar-refractivity contribution is 5.92.